The Kier molecular flexibility index (Phi) is 5.81. The molecular weight excluding hydrogens is 352 g/mol. The number of aromatic nitrogens is 2. The van der Waals surface area contributed by atoms with Crippen LogP contribution in [0.4, 0.5) is 0 Å². The Labute approximate surface area is 138 Å². The number of nitrogens with one attached hydrogen (secondary N) is 1. The minimum absolute atomic E-state index is 0.0738. The third-order valence-electron chi connectivity index (χ3n) is 3.68. The van der Waals surface area contributed by atoms with Crippen LogP contribution in [0.15, 0.2) is 34.9 Å². The van der Waals surface area contributed by atoms with Crippen LogP contribution in [0.2, 0.25) is 5.02 Å². The van der Waals surface area contributed by atoms with E-state index in [2.05, 4.69) is 40.3 Å². The van der Waals surface area contributed by atoms with Crippen molar-refractivity contribution in [3.63, 3.8) is 0 Å². The summed E-state index contributed by atoms with van der Waals surface area (Å²) < 4.78 is 2.86. The van der Waals surface area contributed by atoms with Crippen molar-refractivity contribution in [3.05, 3.63) is 51.2 Å². The Hall–Kier alpha value is -0.880. The van der Waals surface area contributed by atoms with Gasteiger partial charge in [-0.15, -0.1) is 0 Å². The minimum atomic E-state index is -0.0738. The van der Waals surface area contributed by atoms with Crippen LogP contribution in [0.5, 0.6) is 0 Å². The van der Waals surface area contributed by atoms with Crippen molar-refractivity contribution in [2.75, 3.05) is 0 Å². The fourth-order valence-corrected chi connectivity index (χ4v) is 2.82. The zero-order valence-electron chi connectivity index (χ0n) is 12.2. The summed E-state index contributed by atoms with van der Waals surface area (Å²) in [6.45, 7) is 4.30. The lowest BCUT2D eigenvalue weighted by atomic mass is 10.0. The standard InChI is InChI=1S/C15H20BrClN4/c1-3-10(2)21-8-7-11(20-21)9-14(19-18)12-5-4-6-13(16)15(12)17/h4-8,10,14,19H,3,9,18H2,1-2H3. The van der Waals surface area contributed by atoms with Gasteiger partial charge in [0.2, 0.25) is 0 Å². The highest BCUT2D eigenvalue weighted by Gasteiger charge is 2.17. The first-order valence-corrected chi connectivity index (χ1v) is 8.18. The minimum Gasteiger partial charge on any atom is -0.271 e. The molecule has 1 aromatic heterocycles. The average Bonchev–Trinajstić information content (AvgIpc) is 2.95. The molecule has 1 aromatic carbocycles. The first kappa shape index (κ1) is 16.5. The quantitative estimate of drug-likeness (QED) is 0.595. The molecule has 0 bridgehead atoms. The van der Waals surface area contributed by atoms with Gasteiger partial charge in [-0.1, -0.05) is 30.7 Å². The maximum Gasteiger partial charge on any atom is 0.0644 e. The Balaban J connectivity index is 2.19. The molecule has 0 aliphatic heterocycles. The monoisotopic (exact) mass is 370 g/mol. The van der Waals surface area contributed by atoms with Crippen molar-refractivity contribution in [2.24, 2.45) is 5.84 Å². The van der Waals surface area contributed by atoms with Crippen LogP contribution in [-0.2, 0) is 6.42 Å². The van der Waals surface area contributed by atoms with Gasteiger partial charge in [-0.2, -0.15) is 5.10 Å². The molecule has 0 aliphatic rings. The molecule has 0 spiro atoms. The molecule has 1 heterocycles. The molecule has 0 saturated heterocycles. The van der Waals surface area contributed by atoms with E-state index in [0.717, 1.165) is 22.2 Å². The summed E-state index contributed by atoms with van der Waals surface area (Å²) in [5, 5.41) is 5.29. The van der Waals surface area contributed by atoms with Gasteiger partial charge in [0.15, 0.2) is 0 Å². The molecule has 0 fully saturated rings. The maximum absolute atomic E-state index is 6.34. The van der Waals surface area contributed by atoms with E-state index in [1.165, 1.54) is 0 Å². The van der Waals surface area contributed by atoms with Gasteiger partial charge in [-0.05, 0) is 47.0 Å². The predicted octanol–water partition coefficient (Wildman–Crippen LogP) is 4.02. The second-order valence-electron chi connectivity index (χ2n) is 5.11. The van der Waals surface area contributed by atoms with Gasteiger partial charge in [0, 0.05) is 23.1 Å². The number of hydrazine groups is 1. The van der Waals surface area contributed by atoms with Crippen LogP contribution in [0.3, 0.4) is 0 Å². The fourth-order valence-electron chi connectivity index (χ4n) is 2.18. The molecule has 0 radical (unpaired) electrons. The second kappa shape index (κ2) is 7.40. The van der Waals surface area contributed by atoms with Crippen LogP contribution in [-0.4, -0.2) is 9.78 Å². The van der Waals surface area contributed by atoms with Gasteiger partial charge in [-0.3, -0.25) is 16.0 Å². The molecule has 21 heavy (non-hydrogen) atoms. The van der Waals surface area contributed by atoms with Crippen LogP contribution >= 0.6 is 27.5 Å². The Morgan fingerprint density at radius 3 is 2.86 bits per heavy atom. The number of hydrogen-bond acceptors (Lipinski definition) is 3. The number of nitrogens with two attached hydrogens (primary N) is 1. The summed E-state index contributed by atoms with van der Waals surface area (Å²) in [7, 11) is 0. The number of rotatable bonds is 6. The zero-order chi connectivity index (χ0) is 15.4. The Bertz CT molecular complexity index is 599. The molecule has 0 saturated carbocycles. The summed E-state index contributed by atoms with van der Waals surface area (Å²) in [6.07, 6.45) is 3.76. The van der Waals surface area contributed by atoms with E-state index < -0.39 is 0 Å². The van der Waals surface area contributed by atoms with Crippen LogP contribution < -0.4 is 11.3 Å². The van der Waals surface area contributed by atoms with Gasteiger partial charge in [0.25, 0.3) is 0 Å². The van der Waals surface area contributed by atoms with Gasteiger partial charge in [0.05, 0.1) is 16.8 Å². The van der Waals surface area contributed by atoms with Gasteiger partial charge >= 0.3 is 0 Å². The lowest BCUT2D eigenvalue weighted by Gasteiger charge is -2.17. The number of halogens is 2. The molecule has 6 heteroatoms. The van der Waals surface area contributed by atoms with E-state index in [1.807, 2.05) is 35.1 Å². The van der Waals surface area contributed by atoms with E-state index in [4.69, 9.17) is 17.4 Å². The number of hydrogen-bond donors (Lipinski definition) is 2. The summed E-state index contributed by atoms with van der Waals surface area (Å²) in [6, 6.07) is 8.20. The summed E-state index contributed by atoms with van der Waals surface area (Å²) in [5.74, 6) is 5.71. The van der Waals surface area contributed by atoms with E-state index in [-0.39, 0.29) is 6.04 Å². The first-order chi connectivity index (χ1) is 10.1. The molecule has 2 rings (SSSR count). The largest absolute Gasteiger partial charge is 0.271 e. The molecule has 0 amide bonds. The molecule has 2 aromatic rings. The number of nitrogens with zero attached hydrogens (tertiary/aromatic N) is 2. The van der Waals surface area contributed by atoms with Crippen LogP contribution in [0, 0.1) is 0 Å². The highest BCUT2D eigenvalue weighted by Crippen LogP contribution is 2.31. The van der Waals surface area contributed by atoms with Crippen molar-refractivity contribution in [2.45, 2.75) is 38.8 Å². The van der Waals surface area contributed by atoms with E-state index >= 15 is 0 Å². The lowest BCUT2D eigenvalue weighted by molar-refractivity contribution is 0.467. The van der Waals surface area contributed by atoms with Gasteiger partial charge in [-0.25, -0.2) is 0 Å². The third-order valence-corrected chi connectivity index (χ3v) is 4.99. The molecule has 2 unspecified atom stereocenters. The Morgan fingerprint density at radius 2 is 2.19 bits per heavy atom. The highest BCUT2D eigenvalue weighted by atomic mass is 79.9. The van der Waals surface area contributed by atoms with Gasteiger partial charge in [0.1, 0.15) is 0 Å². The summed E-state index contributed by atoms with van der Waals surface area (Å²) in [4.78, 5) is 0. The van der Waals surface area contributed by atoms with E-state index in [1.54, 1.807) is 0 Å². The number of benzene rings is 1. The van der Waals surface area contributed by atoms with Crippen LogP contribution in [0.1, 0.15) is 43.6 Å². The first-order valence-electron chi connectivity index (χ1n) is 7.00. The lowest BCUT2D eigenvalue weighted by Crippen LogP contribution is -2.30. The van der Waals surface area contributed by atoms with Crippen molar-refractivity contribution in [1.82, 2.24) is 15.2 Å². The van der Waals surface area contributed by atoms with Crippen molar-refractivity contribution in [3.8, 4) is 0 Å². The SMILES string of the molecule is CCC(C)n1ccc(CC(NN)c2cccc(Br)c2Cl)n1. The normalized spacial score (nSPS) is 14.1. The average molecular weight is 372 g/mol. The second-order valence-corrected chi connectivity index (χ2v) is 6.34. The van der Waals surface area contributed by atoms with Gasteiger partial charge < -0.3 is 0 Å². The van der Waals surface area contributed by atoms with Crippen molar-refractivity contribution < 1.29 is 0 Å². The summed E-state index contributed by atoms with van der Waals surface area (Å²) in [5.41, 5.74) is 4.79. The maximum atomic E-state index is 6.34. The Morgan fingerprint density at radius 1 is 1.43 bits per heavy atom. The molecule has 114 valence electrons. The molecule has 0 aliphatic carbocycles. The van der Waals surface area contributed by atoms with Crippen molar-refractivity contribution >= 4 is 27.5 Å². The molecule has 2 atom stereocenters. The van der Waals surface area contributed by atoms with E-state index in [0.29, 0.717) is 17.5 Å². The molecular formula is C15H20BrClN4. The molecule has 4 nitrogen and oxygen atoms in total. The smallest absolute Gasteiger partial charge is 0.0644 e. The fraction of sp³-hybridized carbons (Fsp3) is 0.400. The zero-order valence-corrected chi connectivity index (χ0v) is 14.5. The van der Waals surface area contributed by atoms with E-state index in [9.17, 15) is 0 Å². The topological polar surface area (TPSA) is 55.9 Å². The predicted molar refractivity (Wildman–Crippen MR) is 90.1 cm³/mol. The summed E-state index contributed by atoms with van der Waals surface area (Å²) >= 11 is 9.78. The highest BCUT2D eigenvalue weighted by molar-refractivity contribution is 9.10. The van der Waals surface area contributed by atoms with Crippen molar-refractivity contribution in [1.29, 1.82) is 0 Å². The third kappa shape index (κ3) is 3.86. The van der Waals surface area contributed by atoms with Crippen LogP contribution in [0.25, 0.3) is 0 Å². The molecule has 3 N–H and O–H groups in total.